The molecular formula is C19H26N2O3. The highest BCUT2D eigenvalue weighted by Gasteiger charge is 2.41. The summed E-state index contributed by atoms with van der Waals surface area (Å²) in [5.41, 5.74) is 0.717. The SMILES string of the molecule is C=CCOc1cccc(NC(=O)N[C@H]2COC3(CCCCC3)C2)c1. The average molecular weight is 330 g/mol. The van der Waals surface area contributed by atoms with Gasteiger partial charge in [0.05, 0.1) is 18.2 Å². The summed E-state index contributed by atoms with van der Waals surface area (Å²) in [6.07, 6.45) is 8.61. The van der Waals surface area contributed by atoms with E-state index in [1.807, 2.05) is 18.2 Å². The van der Waals surface area contributed by atoms with Crippen molar-refractivity contribution in [3.63, 3.8) is 0 Å². The maximum atomic E-state index is 12.2. The molecule has 1 heterocycles. The third kappa shape index (κ3) is 4.29. The number of urea groups is 1. The highest BCUT2D eigenvalue weighted by atomic mass is 16.5. The molecule has 1 aromatic rings. The van der Waals surface area contributed by atoms with Gasteiger partial charge in [0.15, 0.2) is 0 Å². The lowest BCUT2D eigenvalue weighted by atomic mass is 9.82. The quantitative estimate of drug-likeness (QED) is 0.806. The van der Waals surface area contributed by atoms with Crippen molar-refractivity contribution in [3.05, 3.63) is 36.9 Å². The lowest BCUT2D eigenvalue weighted by Crippen LogP contribution is -2.39. The predicted octanol–water partition coefficient (Wildman–Crippen LogP) is 3.86. The van der Waals surface area contributed by atoms with Gasteiger partial charge in [-0.05, 0) is 31.4 Å². The van der Waals surface area contributed by atoms with Gasteiger partial charge < -0.3 is 20.1 Å². The van der Waals surface area contributed by atoms with Crippen LogP contribution >= 0.6 is 0 Å². The Morgan fingerprint density at radius 3 is 3.00 bits per heavy atom. The Kier molecular flexibility index (Phi) is 5.41. The Morgan fingerprint density at radius 2 is 2.21 bits per heavy atom. The van der Waals surface area contributed by atoms with Crippen molar-refractivity contribution < 1.29 is 14.3 Å². The molecule has 24 heavy (non-hydrogen) atoms. The Labute approximate surface area is 143 Å². The van der Waals surface area contributed by atoms with E-state index in [1.165, 1.54) is 19.3 Å². The Bertz CT molecular complexity index is 582. The number of carbonyl (C=O) groups is 1. The van der Waals surface area contributed by atoms with E-state index in [0.717, 1.165) is 19.3 Å². The second-order valence-electron chi connectivity index (χ2n) is 6.68. The fraction of sp³-hybridized carbons (Fsp3) is 0.526. The second kappa shape index (κ2) is 7.71. The summed E-state index contributed by atoms with van der Waals surface area (Å²) >= 11 is 0. The third-order valence-corrected chi connectivity index (χ3v) is 4.77. The minimum atomic E-state index is -0.197. The monoisotopic (exact) mass is 330 g/mol. The number of nitrogens with one attached hydrogen (secondary N) is 2. The maximum Gasteiger partial charge on any atom is 0.319 e. The van der Waals surface area contributed by atoms with Gasteiger partial charge in [0, 0.05) is 11.8 Å². The molecule has 1 saturated heterocycles. The maximum absolute atomic E-state index is 12.2. The molecule has 0 unspecified atom stereocenters. The molecule has 2 amide bonds. The van der Waals surface area contributed by atoms with Crippen LogP contribution in [0.2, 0.25) is 0 Å². The van der Waals surface area contributed by atoms with Gasteiger partial charge in [-0.25, -0.2) is 4.79 Å². The van der Waals surface area contributed by atoms with Crippen molar-refractivity contribution in [3.8, 4) is 5.75 Å². The van der Waals surface area contributed by atoms with Crippen molar-refractivity contribution in [2.75, 3.05) is 18.5 Å². The van der Waals surface area contributed by atoms with Crippen LogP contribution < -0.4 is 15.4 Å². The Morgan fingerprint density at radius 1 is 1.38 bits per heavy atom. The fourth-order valence-corrected chi connectivity index (χ4v) is 3.65. The molecule has 0 aromatic heterocycles. The largest absolute Gasteiger partial charge is 0.489 e. The third-order valence-electron chi connectivity index (χ3n) is 4.77. The molecule has 0 radical (unpaired) electrons. The van der Waals surface area contributed by atoms with Gasteiger partial charge >= 0.3 is 6.03 Å². The molecule has 1 aliphatic carbocycles. The summed E-state index contributed by atoms with van der Waals surface area (Å²) in [6, 6.07) is 7.24. The Balaban J connectivity index is 1.50. The number of hydrogen-bond acceptors (Lipinski definition) is 3. The predicted molar refractivity (Wildman–Crippen MR) is 94.5 cm³/mol. The van der Waals surface area contributed by atoms with E-state index in [-0.39, 0.29) is 17.7 Å². The van der Waals surface area contributed by atoms with Crippen LogP contribution in [-0.4, -0.2) is 30.9 Å². The summed E-state index contributed by atoms with van der Waals surface area (Å²) in [6.45, 7) is 4.67. The molecule has 5 heteroatoms. The van der Waals surface area contributed by atoms with Gasteiger partial charge in [0.1, 0.15) is 12.4 Å². The number of carbonyl (C=O) groups excluding carboxylic acids is 1. The summed E-state index contributed by atoms with van der Waals surface area (Å²) < 4.78 is 11.5. The molecule has 5 nitrogen and oxygen atoms in total. The molecule has 2 aliphatic rings. The lowest BCUT2D eigenvalue weighted by molar-refractivity contribution is -0.0245. The van der Waals surface area contributed by atoms with Crippen LogP contribution in [0.4, 0.5) is 10.5 Å². The van der Waals surface area contributed by atoms with E-state index in [2.05, 4.69) is 17.2 Å². The minimum Gasteiger partial charge on any atom is -0.489 e. The average Bonchev–Trinajstić information content (AvgIpc) is 2.95. The Hall–Kier alpha value is -2.01. The number of amides is 2. The van der Waals surface area contributed by atoms with Gasteiger partial charge in [-0.3, -0.25) is 0 Å². The van der Waals surface area contributed by atoms with Crippen LogP contribution in [0.3, 0.4) is 0 Å². The molecule has 1 atom stereocenters. The summed E-state index contributed by atoms with van der Waals surface area (Å²) in [7, 11) is 0. The second-order valence-corrected chi connectivity index (χ2v) is 6.68. The van der Waals surface area contributed by atoms with Gasteiger partial charge in [0.2, 0.25) is 0 Å². The van der Waals surface area contributed by atoms with Crippen molar-refractivity contribution in [1.82, 2.24) is 5.32 Å². The van der Waals surface area contributed by atoms with Crippen LogP contribution in [0, 0.1) is 0 Å². The van der Waals surface area contributed by atoms with Crippen molar-refractivity contribution in [2.24, 2.45) is 0 Å². The van der Waals surface area contributed by atoms with Gasteiger partial charge in [0.25, 0.3) is 0 Å². The number of hydrogen-bond donors (Lipinski definition) is 2. The molecule has 130 valence electrons. The van der Waals surface area contributed by atoms with Crippen LogP contribution in [-0.2, 0) is 4.74 Å². The van der Waals surface area contributed by atoms with E-state index in [1.54, 1.807) is 12.1 Å². The van der Waals surface area contributed by atoms with E-state index in [0.29, 0.717) is 24.7 Å². The zero-order valence-electron chi connectivity index (χ0n) is 14.1. The summed E-state index contributed by atoms with van der Waals surface area (Å²) in [5, 5.41) is 5.90. The van der Waals surface area contributed by atoms with E-state index >= 15 is 0 Å². The van der Waals surface area contributed by atoms with Gasteiger partial charge in [-0.2, -0.15) is 0 Å². The van der Waals surface area contributed by atoms with Crippen molar-refractivity contribution in [2.45, 2.75) is 50.2 Å². The molecule has 2 N–H and O–H groups in total. The summed E-state index contributed by atoms with van der Waals surface area (Å²) in [5.74, 6) is 0.707. The van der Waals surface area contributed by atoms with Crippen LogP contribution in [0.25, 0.3) is 0 Å². The first-order valence-electron chi connectivity index (χ1n) is 8.74. The van der Waals surface area contributed by atoms with Crippen LogP contribution in [0.5, 0.6) is 5.75 Å². The highest BCUT2D eigenvalue weighted by Crippen LogP contribution is 2.39. The molecule has 1 aliphatic heterocycles. The van der Waals surface area contributed by atoms with Crippen LogP contribution in [0.15, 0.2) is 36.9 Å². The van der Waals surface area contributed by atoms with Crippen molar-refractivity contribution in [1.29, 1.82) is 0 Å². The topological polar surface area (TPSA) is 59.6 Å². The minimum absolute atomic E-state index is 0.00857. The highest BCUT2D eigenvalue weighted by molar-refractivity contribution is 5.89. The van der Waals surface area contributed by atoms with Crippen molar-refractivity contribution >= 4 is 11.7 Å². The summed E-state index contributed by atoms with van der Waals surface area (Å²) in [4.78, 5) is 12.2. The molecule has 1 spiro atoms. The number of anilines is 1. The van der Waals surface area contributed by atoms with Gasteiger partial charge in [-0.1, -0.05) is 38.0 Å². The van der Waals surface area contributed by atoms with Gasteiger partial charge in [-0.15, -0.1) is 0 Å². The zero-order valence-corrected chi connectivity index (χ0v) is 14.1. The fourth-order valence-electron chi connectivity index (χ4n) is 3.65. The van der Waals surface area contributed by atoms with E-state index in [4.69, 9.17) is 9.47 Å². The smallest absolute Gasteiger partial charge is 0.319 e. The number of rotatable bonds is 5. The molecular weight excluding hydrogens is 304 g/mol. The zero-order chi connectivity index (χ0) is 16.8. The standard InChI is InChI=1S/C19H26N2O3/c1-2-11-23-17-8-6-7-15(12-17)20-18(22)21-16-13-19(24-14-16)9-4-3-5-10-19/h2,6-8,12,16H,1,3-5,9-11,13-14H2,(H2,20,21,22)/t16-/m1/s1. The van der Waals surface area contributed by atoms with E-state index in [9.17, 15) is 4.79 Å². The van der Waals surface area contributed by atoms with E-state index < -0.39 is 0 Å². The first-order chi connectivity index (χ1) is 11.7. The lowest BCUT2D eigenvalue weighted by Gasteiger charge is -2.32. The normalized spacial score (nSPS) is 22.1. The number of benzene rings is 1. The molecule has 1 saturated carbocycles. The first-order valence-corrected chi connectivity index (χ1v) is 8.74. The molecule has 3 rings (SSSR count). The first kappa shape index (κ1) is 16.8. The number of ether oxygens (including phenoxy) is 2. The molecule has 2 fully saturated rings. The molecule has 0 bridgehead atoms. The van der Waals surface area contributed by atoms with Crippen LogP contribution in [0.1, 0.15) is 38.5 Å². The molecule has 1 aromatic carbocycles.